The van der Waals surface area contributed by atoms with Gasteiger partial charge in [-0.1, -0.05) is 0 Å². The van der Waals surface area contributed by atoms with Gasteiger partial charge in [-0.05, 0) is 27.2 Å². The van der Waals surface area contributed by atoms with Gasteiger partial charge in [-0.15, -0.1) is 0 Å². The van der Waals surface area contributed by atoms with Gasteiger partial charge in [-0.25, -0.2) is 4.98 Å². The van der Waals surface area contributed by atoms with Crippen molar-refractivity contribution in [2.75, 3.05) is 0 Å². The average molecular weight is 265 g/mol. The van der Waals surface area contributed by atoms with E-state index in [1.807, 2.05) is 25.3 Å². The molecule has 2 heterocycles. The van der Waals surface area contributed by atoms with Crippen LogP contribution in [0.5, 0.6) is 0 Å². The van der Waals surface area contributed by atoms with E-state index < -0.39 is 5.60 Å². The van der Waals surface area contributed by atoms with E-state index in [9.17, 15) is 9.59 Å². The van der Waals surface area contributed by atoms with Crippen molar-refractivity contribution in [1.29, 1.82) is 0 Å². The Hall–Kier alpha value is -1.69. The molecule has 0 aliphatic carbocycles. The van der Waals surface area contributed by atoms with E-state index in [4.69, 9.17) is 4.74 Å². The summed E-state index contributed by atoms with van der Waals surface area (Å²) in [5.74, 6) is 0.513. The third-order valence-electron chi connectivity index (χ3n) is 2.93. The average Bonchev–Trinajstić information content (AvgIpc) is 2.57. The highest BCUT2D eigenvalue weighted by molar-refractivity contribution is 5.76. The number of aromatic nitrogens is 2. The van der Waals surface area contributed by atoms with E-state index in [1.165, 1.54) is 0 Å². The molecule has 1 aromatic rings. The molecule has 1 aliphatic rings. The van der Waals surface area contributed by atoms with Gasteiger partial charge < -0.3 is 9.30 Å². The Labute approximate surface area is 112 Å². The maximum absolute atomic E-state index is 12.0. The number of imidazole rings is 1. The minimum Gasteiger partial charge on any atom is -0.459 e. The molecule has 0 fully saturated rings. The number of nitrogens with zero attached hydrogens (tertiary/aromatic N) is 2. The zero-order chi connectivity index (χ0) is 14.0. The topological polar surface area (TPSA) is 73.2 Å². The van der Waals surface area contributed by atoms with Gasteiger partial charge in [0.1, 0.15) is 23.2 Å². The number of carbonyl (C=O) groups is 2. The first-order valence-electron chi connectivity index (χ1n) is 6.36. The molecule has 6 heteroatoms. The number of fused-ring (bicyclic) bond motifs is 1. The summed E-state index contributed by atoms with van der Waals surface area (Å²) in [6.07, 6.45) is 2.92. The van der Waals surface area contributed by atoms with E-state index in [0.29, 0.717) is 25.2 Å². The van der Waals surface area contributed by atoms with Crippen LogP contribution in [0.4, 0.5) is 0 Å². The first-order valence-corrected chi connectivity index (χ1v) is 6.36. The summed E-state index contributed by atoms with van der Waals surface area (Å²) in [7, 11) is 0. The zero-order valence-electron chi connectivity index (χ0n) is 11.5. The number of ether oxygens (including phenoxy) is 1. The van der Waals surface area contributed by atoms with E-state index in [1.54, 1.807) is 6.20 Å². The SMILES string of the molecule is CC(C)(C)OC(=O)C1CCn2c(C=O)cnc2CN1. The van der Waals surface area contributed by atoms with Crippen LogP contribution in [0.1, 0.15) is 43.5 Å². The number of hydrogen-bond acceptors (Lipinski definition) is 5. The van der Waals surface area contributed by atoms with Crippen LogP contribution in [0, 0.1) is 0 Å². The van der Waals surface area contributed by atoms with Crippen LogP contribution >= 0.6 is 0 Å². The van der Waals surface area contributed by atoms with Gasteiger partial charge in [0.15, 0.2) is 6.29 Å². The molecule has 1 N–H and O–H groups in total. The maximum atomic E-state index is 12.0. The van der Waals surface area contributed by atoms with Crippen LogP contribution in [0.25, 0.3) is 0 Å². The van der Waals surface area contributed by atoms with Crippen molar-refractivity contribution in [2.24, 2.45) is 0 Å². The second kappa shape index (κ2) is 5.13. The Morgan fingerprint density at radius 2 is 2.32 bits per heavy atom. The predicted octanol–water partition coefficient (Wildman–Crippen LogP) is 0.899. The number of nitrogens with one attached hydrogen (secondary N) is 1. The third kappa shape index (κ3) is 3.20. The van der Waals surface area contributed by atoms with Gasteiger partial charge >= 0.3 is 5.97 Å². The van der Waals surface area contributed by atoms with Crippen molar-refractivity contribution in [3.05, 3.63) is 17.7 Å². The number of carbonyl (C=O) groups excluding carboxylic acids is 2. The second-order valence-corrected chi connectivity index (χ2v) is 5.62. The Morgan fingerprint density at radius 3 is 2.95 bits per heavy atom. The van der Waals surface area contributed by atoms with Gasteiger partial charge in [0.25, 0.3) is 0 Å². The Morgan fingerprint density at radius 1 is 1.58 bits per heavy atom. The lowest BCUT2D eigenvalue weighted by molar-refractivity contribution is -0.157. The molecule has 1 aromatic heterocycles. The molecule has 104 valence electrons. The molecular formula is C13H19N3O3. The molecule has 0 saturated carbocycles. The standard InChI is InChI=1S/C13H19N3O3/c1-13(2,3)19-12(18)10-4-5-16-9(8-17)6-15-11(16)7-14-10/h6,8,10,14H,4-5,7H2,1-3H3. The molecule has 1 atom stereocenters. The molecule has 1 aliphatic heterocycles. The molecular weight excluding hydrogens is 246 g/mol. The smallest absolute Gasteiger partial charge is 0.323 e. The monoisotopic (exact) mass is 265 g/mol. The highest BCUT2D eigenvalue weighted by atomic mass is 16.6. The summed E-state index contributed by atoms with van der Waals surface area (Å²) in [6.45, 7) is 6.57. The highest BCUT2D eigenvalue weighted by Crippen LogP contribution is 2.15. The summed E-state index contributed by atoms with van der Waals surface area (Å²) in [5, 5.41) is 3.12. The number of hydrogen-bond donors (Lipinski definition) is 1. The molecule has 2 rings (SSSR count). The number of aldehydes is 1. The maximum Gasteiger partial charge on any atom is 0.323 e. The van der Waals surface area contributed by atoms with Crippen LogP contribution < -0.4 is 5.32 Å². The lowest BCUT2D eigenvalue weighted by atomic mass is 10.1. The summed E-state index contributed by atoms with van der Waals surface area (Å²) in [6, 6.07) is -0.361. The fourth-order valence-corrected chi connectivity index (χ4v) is 2.07. The van der Waals surface area contributed by atoms with Crippen LogP contribution in [0.15, 0.2) is 6.20 Å². The summed E-state index contributed by atoms with van der Waals surface area (Å²) in [4.78, 5) is 27.1. The van der Waals surface area contributed by atoms with Crippen LogP contribution in [0.2, 0.25) is 0 Å². The zero-order valence-corrected chi connectivity index (χ0v) is 11.5. The fraction of sp³-hybridized carbons (Fsp3) is 0.615. The summed E-state index contributed by atoms with van der Waals surface area (Å²) >= 11 is 0. The lowest BCUT2D eigenvalue weighted by Crippen LogP contribution is -2.40. The van der Waals surface area contributed by atoms with Crippen molar-refractivity contribution in [2.45, 2.75) is 51.9 Å². The van der Waals surface area contributed by atoms with Gasteiger partial charge in [0, 0.05) is 6.54 Å². The molecule has 0 spiro atoms. The Kier molecular flexibility index (Phi) is 3.71. The Balaban J connectivity index is 2.05. The van der Waals surface area contributed by atoms with Crippen molar-refractivity contribution in [1.82, 2.24) is 14.9 Å². The van der Waals surface area contributed by atoms with Crippen LogP contribution in [-0.4, -0.2) is 33.4 Å². The Bertz CT molecular complexity index is 488. The van der Waals surface area contributed by atoms with Crippen molar-refractivity contribution in [3.63, 3.8) is 0 Å². The molecule has 1 unspecified atom stereocenters. The molecule has 0 aromatic carbocycles. The quantitative estimate of drug-likeness (QED) is 0.635. The molecule has 0 amide bonds. The normalized spacial score (nSPS) is 19.4. The molecule has 0 saturated heterocycles. The minimum atomic E-state index is -0.493. The number of rotatable bonds is 2. The molecule has 0 bridgehead atoms. The predicted molar refractivity (Wildman–Crippen MR) is 68.7 cm³/mol. The van der Waals surface area contributed by atoms with Crippen molar-refractivity contribution < 1.29 is 14.3 Å². The van der Waals surface area contributed by atoms with E-state index in [2.05, 4.69) is 10.3 Å². The van der Waals surface area contributed by atoms with Gasteiger partial charge in [0.2, 0.25) is 0 Å². The first kappa shape index (κ1) is 13.7. The van der Waals surface area contributed by atoms with Crippen molar-refractivity contribution in [3.8, 4) is 0 Å². The first-order chi connectivity index (χ1) is 8.90. The van der Waals surface area contributed by atoms with Gasteiger partial charge in [-0.3, -0.25) is 14.9 Å². The van der Waals surface area contributed by atoms with E-state index in [0.717, 1.165) is 12.1 Å². The highest BCUT2D eigenvalue weighted by Gasteiger charge is 2.27. The van der Waals surface area contributed by atoms with Gasteiger partial charge in [-0.2, -0.15) is 0 Å². The van der Waals surface area contributed by atoms with Crippen LogP contribution in [-0.2, 0) is 22.6 Å². The van der Waals surface area contributed by atoms with Crippen LogP contribution in [0.3, 0.4) is 0 Å². The van der Waals surface area contributed by atoms with Crippen molar-refractivity contribution >= 4 is 12.3 Å². The number of esters is 1. The summed E-state index contributed by atoms with van der Waals surface area (Å²) < 4.78 is 7.20. The molecule has 6 nitrogen and oxygen atoms in total. The largest absolute Gasteiger partial charge is 0.459 e. The minimum absolute atomic E-state index is 0.258. The fourth-order valence-electron chi connectivity index (χ4n) is 2.07. The van der Waals surface area contributed by atoms with E-state index >= 15 is 0 Å². The van der Waals surface area contributed by atoms with E-state index in [-0.39, 0.29) is 12.0 Å². The molecule has 19 heavy (non-hydrogen) atoms. The summed E-state index contributed by atoms with van der Waals surface area (Å²) in [5.41, 5.74) is 0.0497. The lowest BCUT2D eigenvalue weighted by Gasteiger charge is -2.23. The second-order valence-electron chi connectivity index (χ2n) is 5.62. The third-order valence-corrected chi connectivity index (χ3v) is 2.93. The van der Waals surface area contributed by atoms with Gasteiger partial charge in [0.05, 0.1) is 12.7 Å². The molecule has 0 radical (unpaired) electrons.